The Hall–Kier alpha value is -0.500. The minimum absolute atomic E-state index is 0.271. The van der Waals surface area contributed by atoms with Gasteiger partial charge in [-0.3, -0.25) is 0 Å². The summed E-state index contributed by atoms with van der Waals surface area (Å²) in [7, 11) is 0. The molecule has 1 rings (SSSR count). The van der Waals surface area contributed by atoms with Crippen molar-refractivity contribution in [1.29, 1.82) is 0 Å². The minimum atomic E-state index is -0.271. The third kappa shape index (κ3) is 4.32. The first kappa shape index (κ1) is 10.6. The molecular weight excluding hydrogens is 188 g/mol. The van der Waals surface area contributed by atoms with E-state index in [9.17, 15) is 4.79 Å². The molecule has 0 atom stereocenters. The van der Waals surface area contributed by atoms with Crippen LogP contribution >= 0.6 is 11.6 Å². The van der Waals surface area contributed by atoms with Crippen molar-refractivity contribution < 1.29 is 9.53 Å². The van der Waals surface area contributed by atoms with Crippen molar-refractivity contribution in [3.63, 3.8) is 0 Å². The van der Waals surface area contributed by atoms with Crippen LogP contribution in [-0.4, -0.2) is 18.5 Å². The largest absolute Gasteiger partial charge is 0.461 e. The summed E-state index contributed by atoms with van der Waals surface area (Å²) in [6.07, 6.45) is 8.47. The first-order valence-electron chi connectivity index (χ1n) is 4.74. The average Bonchev–Trinajstić information content (AvgIpc) is 2.64. The van der Waals surface area contributed by atoms with E-state index in [1.807, 2.05) is 6.08 Å². The Morgan fingerprint density at radius 3 is 2.77 bits per heavy atom. The number of rotatable bonds is 4. The molecule has 0 heterocycles. The second kappa shape index (κ2) is 6.03. The molecule has 1 aliphatic carbocycles. The third-order valence-electron chi connectivity index (χ3n) is 2.23. The molecule has 1 aliphatic rings. The molecule has 0 amide bonds. The van der Waals surface area contributed by atoms with Crippen LogP contribution in [0.25, 0.3) is 0 Å². The molecule has 0 radical (unpaired) electrons. The number of hydrogen-bond donors (Lipinski definition) is 0. The Kier molecular flexibility index (Phi) is 4.91. The molecule has 0 aromatic heterocycles. The maximum atomic E-state index is 11.0. The summed E-state index contributed by atoms with van der Waals surface area (Å²) in [6, 6.07) is 0. The lowest BCUT2D eigenvalue weighted by Crippen LogP contribution is -2.03. The molecule has 0 aromatic carbocycles. The third-order valence-corrected chi connectivity index (χ3v) is 2.38. The summed E-state index contributed by atoms with van der Waals surface area (Å²) in [6.45, 7) is 0.301. The molecular formula is C10H15ClO2. The summed E-state index contributed by atoms with van der Waals surface area (Å²) in [5.74, 6) is 0.680. The van der Waals surface area contributed by atoms with Crippen LogP contribution in [0, 0.1) is 5.92 Å². The van der Waals surface area contributed by atoms with Gasteiger partial charge >= 0.3 is 5.97 Å². The number of hydrogen-bond acceptors (Lipinski definition) is 2. The normalized spacial score (nSPS) is 18.2. The number of allylic oxidation sites excluding steroid dienone is 1. The molecule has 3 heteroatoms. The molecule has 13 heavy (non-hydrogen) atoms. The Balaban J connectivity index is 2.17. The van der Waals surface area contributed by atoms with Gasteiger partial charge in [0.05, 0.1) is 5.88 Å². The molecule has 0 N–H and O–H groups in total. The van der Waals surface area contributed by atoms with Gasteiger partial charge in [0, 0.05) is 6.08 Å². The minimum Gasteiger partial charge on any atom is -0.461 e. The van der Waals surface area contributed by atoms with Crippen molar-refractivity contribution in [2.24, 2.45) is 5.92 Å². The van der Waals surface area contributed by atoms with E-state index >= 15 is 0 Å². The van der Waals surface area contributed by atoms with Crippen LogP contribution in [0.15, 0.2) is 12.2 Å². The topological polar surface area (TPSA) is 26.3 Å². The van der Waals surface area contributed by atoms with E-state index < -0.39 is 0 Å². The smallest absolute Gasteiger partial charge is 0.330 e. The van der Waals surface area contributed by atoms with Crippen LogP contribution in [0.2, 0.25) is 0 Å². The van der Waals surface area contributed by atoms with Gasteiger partial charge in [0.15, 0.2) is 0 Å². The fourth-order valence-electron chi connectivity index (χ4n) is 1.55. The number of halogens is 1. The Bertz CT molecular complexity index is 183. The molecule has 1 saturated carbocycles. The first-order valence-corrected chi connectivity index (χ1v) is 5.27. The Morgan fingerprint density at radius 1 is 1.46 bits per heavy atom. The van der Waals surface area contributed by atoms with Crippen molar-refractivity contribution in [2.75, 3.05) is 12.5 Å². The molecule has 2 nitrogen and oxygen atoms in total. The quantitative estimate of drug-likeness (QED) is 0.398. The van der Waals surface area contributed by atoms with E-state index in [1.165, 1.54) is 31.8 Å². The van der Waals surface area contributed by atoms with Crippen LogP contribution in [-0.2, 0) is 9.53 Å². The predicted molar refractivity (Wildman–Crippen MR) is 52.8 cm³/mol. The van der Waals surface area contributed by atoms with Gasteiger partial charge in [-0.05, 0) is 18.8 Å². The van der Waals surface area contributed by atoms with Crippen LogP contribution in [0.5, 0.6) is 0 Å². The van der Waals surface area contributed by atoms with Crippen LogP contribution in [0.1, 0.15) is 25.7 Å². The standard InChI is InChI=1S/C10H15ClO2/c11-7-8-13-10(12)6-5-9-3-1-2-4-9/h5-6,9H,1-4,7-8H2/b6-5-. The van der Waals surface area contributed by atoms with Crippen LogP contribution < -0.4 is 0 Å². The highest BCUT2D eigenvalue weighted by atomic mass is 35.5. The van der Waals surface area contributed by atoms with Gasteiger partial charge in [-0.15, -0.1) is 11.6 Å². The van der Waals surface area contributed by atoms with Gasteiger partial charge in [0.25, 0.3) is 0 Å². The van der Waals surface area contributed by atoms with Gasteiger partial charge in [0.1, 0.15) is 6.61 Å². The van der Waals surface area contributed by atoms with Crippen molar-refractivity contribution in [3.05, 3.63) is 12.2 Å². The van der Waals surface area contributed by atoms with Crippen molar-refractivity contribution in [3.8, 4) is 0 Å². The zero-order valence-electron chi connectivity index (χ0n) is 7.67. The van der Waals surface area contributed by atoms with Gasteiger partial charge in [-0.1, -0.05) is 18.9 Å². The Labute approximate surface area is 83.9 Å². The van der Waals surface area contributed by atoms with Crippen LogP contribution in [0.4, 0.5) is 0 Å². The van der Waals surface area contributed by atoms with Gasteiger partial charge in [-0.2, -0.15) is 0 Å². The Morgan fingerprint density at radius 2 is 2.15 bits per heavy atom. The summed E-state index contributed by atoms with van der Waals surface area (Å²) >= 11 is 5.37. The van der Waals surface area contributed by atoms with E-state index in [0.717, 1.165) is 0 Å². The zero-order valence-corrected chi connectivity index (χ0v) is 8.43. The summed E-state index contributed by atoms with van der Waals surface area (Å²) in [5.41, 5.74) is 0. The highest BCUT2D eigenvalue weighted by Gasteiger charge is 2.11. The maximum Gasteiger partial charge on any atom is 0.330 e. The summed E-state index contributed by atoms with van der Waals surface area (Å²) in [5, 5.41) is 0. The van der Waals surface area contributed by atoms with Gasteiger partial charge in [-0.25, -0.2) is 4.79 Å². The number of carbonyl (C=O) groups is 1. The number of carbonyl (C=O) groups excluding carboxylic acids is 1. The van der Waals surface area contributed by atoms with Crippen LogP contribution in [0.3, 0.4) is 0 Å². The first-order chi connectivity index (χ1) is 6.33. The van der Waals surface area contributed by atoms with Crippen molar-refractivity contribution in [2.45, 2.75) is 25.7 Å². The van der Waals surface area contributed by atoms with Crippen molar-refractivity contribution >= 4 is 17.6 Å². The lowest BCUT2D eigenvalue weighted by molar-refractivity contribution is -0.137. The number of alkyl halides is 1. The van der Waals surface area contributed by atoms with E-state index in [0.29, 0.717) is 18.4 Å². The van der Waals surface area contributed by atoms with E-state index in [4.69, 9.17) is 16.3 Å². The predicted octanol–water partition coefficient (Wildman–Crippen LogP) is 2.51. The fourth-order valence-corrected chi connectivity index (χ4v) is 1.63. The molecule has 0 aromatic rings. The zero-order chi connectivity index (χ0) is 9.52. The van der Waals surface area contributed by atoms with Gasteiger partial charge < -0.3 is 4.74 Å². The number of esters is 1. The SMILES string of the molecule is O=C(/C=C\C1CCCC1)OCCCl. The number of ether oxygens (including phenoxy) is 1. The van der Waals surface area contributed by atoms with Gasteiger partial charge in [0.2, 0.25) is 0 Å². The fraction of sp³-hybridized carbons (Fsp3) is 0.700. The molecule has 0 saturated heterocycles. The molecule has 74 valence electrons. The van der Waals surface area contributed by atoms with E-state index in [-0.39, 0.29) is 5.97 Å². The summed E-state index contributed by atoms with van der Waals surface area (Å²) < 4.78 is 4.79. The monoisotopic (exact) mass is 202 g/mol. The summed E-state index contributed by atoms with van der Waals surface area (Å²) in [4.78, 5) is 11.0. The van der Waals surface area contributed by atoms with E-state index in [2.05, 4.69) is 0 Å². The van der Waals surface area contributed by atoms with Crippen molar-refractivity contribution in [1.82, 2.24) is 0 Å². The second-order valence-corrected chi connectivity index (χ2v) is 3.64. The average molecular weight is 203 g/mol. The highest BCUT2D eigenvalue weighted by molar-refractivity contribution is 6.18. The molecule has 0 bridgehead atoms. The molecule has 0 aliphatic heterocycles. The maximum absolute atomic E-state index is 11.0. The molecule has 0 unspecified atom stereocenters. The molecule has 0 spiro atoms. The lowest BCUT2D eigenvalue weighted by Gasteiger charge is -2.00. The second-order valence-electron chi connectivity index (χ2n) is 3.26. The van der Waals surface area contributed by atoms with E-state index in [1.54, 1.807) is 0 Å². The molecule has 1 fully saturated rings. The highest BCUT2D eigenvalue weighted by Crippen LogP contribution is 2.25. The lowest BCUT2D eigenvalue weighted by atomic mass is 10.1.